The number of aryl methyl sites for hydroxylation is 1. The Labute approximate surface area is 134 Å². The van der Waals surface area contributed by atoms with Gasteiger partial charge in [0, 0.05) is 12.3 Å². The van der Waals surface area contributed by atoms with Crippen molar-refractivity contribution >= 4 is 27.1 Å². The second-order valence-electron chi connectivity index (χ2n) is 5.37. The van der Waals surface area contributed by atoms with Gasteiger partial charge >= 0.3 is 0 Å². The molecule has 0 aliphatic carbocycles. The van der Waals surface area contributed by atoms with E-state index in [1.165, 1.54) is 17.6 Å². The van der Waals surface area contributed by atoms with Gasteiger partial charge in [0.05, 0.1) is 15.5 Å². The first kappa shape index (κ1) is 16.8. The molecule has 5 nitrogen and oxygen atoms in total. The molecule has 0 spiro atoms. The predicted molar refractivity (Wildman–Crippen MR) is 88.0 cm³/mol. The van der Waals surface area contributed by atoms with Gasteiger partial charge < -0.3 is 9.73 Å². The number of furan rings is 1. The summed E-state index contributed by atoms with van der Waals surface area (Å²) in [5, 5.41) is 2.82. The third kappa shape index (κ3) is 4.71. The molecule has 1 amide bonds. The van der Waals surface area contributed by atoms with Crippen molar-refractivity contribution in [2.75, 3.05) is 12.0 Å². The second kappa shape index (κ2) is 6.66. The van der Waals surface area contributed by atoms with Crippen LogP contribution in [-0.2, 0) is 9.84 Å². The summed E-state index contributed by atoms with van der Waals surface area (Å²) in [5.74, 6) is 1.44. The maximum atomic E-state index is 12.1. The minimum Gasteiger partial charge on any atom is -0.461 e. The molecule has 2 heterocycles. The molecule has 0 aliphatic heterocycles. The number of hydrogen-bond donors (Lipinski definition) is 1. The fourth-order valence-electron chi connectivity index (χ4n) is 1.92. The molecule has 0 aromatic carbocycles. The van der Waals surface area contributed by atoms with Crippen LogP contribution in [0.3, 0.4) is 0 Å². The highest BCUT2D eigenvalue weighted by Crippen LogP contribution is 2.29. The van der Waals surface area contributed by atoms with E-state index in [4.69, 9.17) is 4.42 Å². The fraction of sp³-hybridized carbons (Fsp3) is 0.400. The average molecular weight is 341 g/mol. The fourth-order valence-corrected chi connectivity index (χ4v) is 3.57. The van der Waals surface area contributed by atoms with Gasteiger partial charge in [-0.3, -0.25) is 4.79 Å². The number of carbonyl (C=O) groups is 1. The molecule has 7 heteroatoms. The summed E-state index contributed by atoms with van der Waals surface area (Å²) in [6.07, 6.45) is 1.60. The zero-order valence-corrected chi connectivity index (χ0v) is 14.4. The molecule has 1 N–H and O–H groups in total. The number of nitrogens with one attached hydrogen (secondary N) is 1. The van der Waals surface area contributed by atoms with E-state index in [9.17, 15) is 13.2 Å². The second-order valence-corrected chi connectivity index (χ2v) is 8.71. The molecule has 0 radical (unpaired) electrons. The smallest absolute Gasteiger partial charge is 0.261 e. The number of rotatable bonds is 6. The predicted octanol–water partition coefficient (Wildman–Crippen LogP) is 2.87. The van der Waals surface area contributed by atoms with Crippen molar-refractivity contribution in [3.63, 3.8) is 0 Å². The highest BCUT2D eigenvalue weighted by Gasteiger charge is 2.15. The van der Waals surface area contributed by atoms with Crippen LogP contribution in [0.4, 0.5) is 0 Å². The molecule has 0 unspecified atom stereocenters. The lowest BCUT2D eigenvalue weighted by Gasteiger charge is -2.12. The Morgan fingerprint density at radius 3 is 2.64 bits per heavy atom. The largest absolute Gasteiger partial charge is 0.461 e. The van der Waals surface area contributed by atoms with Crippen LogP contribution in [0.5, 0.6) is 0 Å². The van der Waals surface area contributed by atoms with Crippen molar-refractivity contribution in [3.05, 3.63) is 34.9 Å². The van der Waals surface area contributed by atoms with Crippen molar-refractivity contribution in [3.8, 4) is 10.6 Å². The number of sulfone groups is 1. The first-order valence-corrected chi connectivity index (χ1v) is 9.77. The van der Waals surface area contributed by atoms with Crippen molar-refractivity contribution in [2.24, 2.45) is 0 Å². The van der Waals surface area contributed by atoms with Crippen LogP contribution in [-0.4, -0.2) is 32.4 Å². The van der Waals surface area contributed by atoms with Gasteiger partial charge in [0.25, 0.3) is 5.91 Å². The van der Waals surface area contributed by atoms with E-state index in [1.54, 1.807) is 13.0 Å². The zero-order chi connectivity index (χ0) is 16.3. The molecule has 120 valence electrons. The molecular formula is C15H19NO4S2. The third-order valence-corrected chi connectivity index (χ3v) is 5.19. The normalized spacial score (nSPS) is 13.0. The van der Waals surface area contributed by atoms with Gasteiger partial charge in [-0.1, -0.05) is 0 Å². The Hall–Kier alpha value is -1.60. The van der Waals surface area contributed by atoms with Crippen molar-refractivity contribution in [2.45, 2.75) is 26.3 Å². The zero-order valence-electron chi connectivity index (χ0n) is 12.8. The maximum absolute atomic E-state index is 12.1. The summed E-state index contributed by atoms with van der Waals surface area (Å²) in [5.41, 5.74) is 0. The Bertz CT molecular complexity index is 758. The highest BCUT2D eigenvalue weighted by atomic mass is 32.2. The van der Waals surface area contributed by atoms with E-state index in [-0.39, 0.29) is 17.7 Å². The minimum atomic E-state index is -3.01. The van der Waals surface area contributed by atoms with Crippen molar-refractivity contribution < 1.29 is 17.6 Å². The van der Waals surface area contributed by atoms with Crippen LogP contribution in [0, 0.1) is 6.92 Å². The molecule has 1 atom stereocenters. The lowest BCUT2D eigenvalue weighted by Crippen LogP contribution is -2.33. The van der Waals surface area contributed by atoms with Crippen molar-refractivity contribution in [1.29, 1.82) is 0 Å². The van der Waals surface area contributed by atoms with E-state index in [0.29, 0.717) is 11.3 Å². The number of hydrogen-bond acceptors (Lipinski definition) is 5. The first-order chi connectivity index (χ1) is 10.2. The van der Waals surface area contributed by atoms with E-state index in [2.05, 4.69) is 5.32 Å². The number of amides is 1. The van der Waals surface area contributed by atoms with Gasteiger partial charge in [0.2, 0.25) is 0 Å². The molecule has 22 heavy (non-hydrogen) atoms. The van der Waals surface area contributed by atoms with Crippen LogP contribution in [0.25, 0.3) is 10.6 Å². The van der Waals surface area contributed by atoms with Crippen LogP contribution >= 0.6 is 11.3 Å². The Morgan fingerprint density at radius 2 is 2.05 bits per heavy atom. The lowest BCUT2D eigenvalue weighted by molar-refractivity contribution is 0.0943. The van der Waals surface area contributed by atoms with Gasteiger partial charge in [0.15, 0.2) is 0 Å². The minimum absolute atomic E-state index is 0.0653. The highest BCUT2D eigenvalue weighted by molar-refractivity contribution is 7.90. The van der Waals surface area contributed by atoms with Crippen LogP contribution in [0.15, 0.2) is 28.7 Å². The summed E-state index contributed by atoms with van der Waals surface area (Å²) in [6.45, 7) is 3.67. The van der Waals surface area contributed by atoms with Crippen molar-refractivity contribution in [1.82, 2.24) is 5.32 Å². The van der Waals surface area contributed by atoms with Crippen LogP contribution in [0.2, 0.25) is 0 Å². The molecule has 0 saturated carbocycles. The van der Waals surface area contributed by atoms with Gasteiger partial charge in [-0.05, 0) is 44.5 Å². The van der Waals surface area contributed by atoms with Gasteiger partial charge in [0.1, 0.15) is 21.4 Å². The summed E-state index contributed by atoms with van der Waals surface area (Å²) in [6, 6.07) is 7.15. The topological polar surface area (TPSA) is 76.4 Å². The van der Waals surface area contributed by atoms with E-state index < -0.39 is 9.84 Å². The standard InChI is InChI=1S/C15H19NO4S2/c1-10(8-9-22(3,18)19)16-15(17)14-7-6-13(21-14)12-5-4-11(2)20-12/h4-7,10H,8-9H2,1-3H3,(H,16,17)/t10-/m0/s1. The van der Waals surface area contributed by atoms with Crippen LogP contribution in [0.1, 0.15) is 28.8 Å². The molecule has 2 aromatic heterocycles. The summed E-state index contributed by atoms with van der Waals surface area (Å²) < 4.78 is 27.8. The molecule has 0 bridgehead atoms. The van der Waals surface area contributed by atoms with Crippen LogP contribution < -0.4 is 5.32 Å². The first-order valence-electron chi connectivity index (χ1n) is 6.90. The Balaban J connectivity index is 1.97. The molecule has 0 saturated heterocycles. The van der Waals surface area contributed by atoms with Gasteiger partial charge in [-0.2, -0.15) is 0 Å². The molecular weight excluding hydrogens is 322 g/mol. The summed E-state index contributed by atoms with van der Waals surface area (Å²) in [4.78, 5) is 13.6. The number of thiophene rings is 1. The van der Waals surface area contributed by atoms with Gasteiger partial charge in [-0.15, -0.1) is 11.3 Å². The molecule has 0 aliphatic rings. The third-order valence-electron chi connectivity index (χ3n) is 3.11. The molecule has 2 rings (SSSR count). The monoisotopic (exact) mass is 341 g/mol. The quantitative estimate of drug-likeness (QED) is 0.876. The summed E-state index contributed by atoms with van der Waals surface area (Å²) in [7, 11) is -3.01. The van der Waals surface area contributed by atoms with E-state index >= 15 is 0 Å². The van der Waals surface area contributed by atoms with Gasteiger partial charge in [-0.25, -0.2) is 8.42 Å². The molecule has 0 fully saturated rings. The average Bonchev–Trinajstić information content (AvgIpc) is 3.04. The Morgan fingerprint density at radius 1 is 1.32 bits per heavy atom. The maximum Gasteiger partial charge on any atom is 0.261 e. The number of carbonyl (C=O) groups excluding carboxylic acids is 1. The summed E-state index contributed by atoms with van der Waals surface area (Å²) >= 11 is 1.35. The van der Waals surface area contributed by atoms with E-state index in [0.717, 1.165) is 16.4 Å². The molecule has 2 aromatic rings. The lowest BCUT2D eigenvalue weighted by atomic mass is 10.2. The van der Waals surface area contributed by atoms with E-state index in [1.807, 2.05) is 25.1 Å². The Kier molecular flexibility index (Phi) is 5.08. The SMILES string of the molecule is Cc1ccc(-c2ccc(C(=O)N[C@@H](C)CCS(C)(=O)=O)s2)o1.